The van der Waals surface area contributed by atoms with Crippen molar-refractivity contribution in [1.82, 2.24) is 9.55 Å². The molecule has 0 spiro atoms. The second kappa shape index (κ2) is 5.53. The van der Waals surface area contributed by atoms with E-state index in [1.54, 1.807) is 0 Å². The first-order chi connectivity index (χ1) is 9.65. The summed E-state index contributed by atoms with van der Waals surface area (Å²) in [6, 6.07) is 2.79. The van der Waals surface area contributed by atoms with Gasteiger partial charge in [0.1, 0.15) is 11.3 Å². The number of hydrogen-bond acceptors (Lipinski definition) is 2. The van der Waals surface area contributed by atoms with Crippen LogP contribution in [0.25, 0.3) is 11.0 Å². The maximum atomic E-state index is 14.2. The van der Waals surface area contributed by atoms with Gasteiger partial charge in [0.15, 0.2) is 11.6 Å². The van der Waals surface area contributed by atoms with Crippen LogP contribution < -0.4 is 0 Å². The summed E-state index contributed by atoms with van der Waals surface area (Å²) in [5.74, 6) is -0.827. The fourth-order valence-corrected chi connectivity index (χ4v) is 4.00. The Morgan fingerprint density at radius 2 is 2.20 bits per heavy atom. The van der Waals surface area contributed by atoms with E-state index in [1.165, 1.54) is 6.07 Å². The van der Waals surface area contributed by atoms with E-state index in [4.69, 9.17) is 11.6 Å². The van der Waals surface area contributed by atoms with Crippen LogP contribution in [-0.4, -0.2) is 21.1 Å². The molecule has 1 heterocycles. The summed E-state index contributed by atoms with van der Waals surface area (Å²) in [6.45, 7) is 0. The van der Waals surface area contributed by atoms with Gasteiger partial charge in [0.25, 0.3) is 0 Å². The number of thioether (sulfide) groups is 1. The SMILES string of the molecule is CSC1CCC(n2c(CCl)nc3ccc(F)c(F)c32)C1. The van der Waals surface area contributed by atoms with Gasteiger partial charge in [-0.25, -0.2) is 13.8 Å². The van der Waals surface area contributed by atoms with E-state index in [-0.39, 0.29) is 17.4 Å². The molecule has 0 amide bonds. The molecule has 3 rings (SSSR count). The predicted molar refractivity (Wildman–Crippen MR) is 79.4 cm³/mol. The zero-order valence-corrected chi connectivity index (χ0v) is 12.6. The number of benzene rings is 1. The van der Waals surface area contributed by atoms with Crippen molar-refractivity contribution in [2.24, 2.45) is 0 Å². The minimum absolute atomic E-state index is 0.155. The third kappa shape index (κ3) is 2.21. The number of nitrogens with zero attached hydrogens (tertiary/aromatic N) is 2. The van der Waals surface area contributed by atoms with Crippen LogP contribution in [0, 0.1) is 11.6 Å². The van der Waals surface area contributed by atoms with Gasteiger partial charge in [-0.15, -0.1) is 11.6 Å². The average molecular weight is 317 g/mol. The van der Waals surface area contributed by atoms with Crippen LogP contribution in [0.3, 0.4) is 0 Å². The fourth-order valence-electron chi connectivity index (χ4n) is 3.02. The third-order valence-corrected chi connectivity index (χ3v) is 5.32. The molecule has 1 saturated carbocycles. The summed E-state index contributed by atoms with van der Waals surface area (Å²) < 4.78 is 29.5. The average Bonchev–Trinajstić information content (AvgIpc) is 3.06. The first-order valence-electron chi connectivity index (χ1n) is 6.59. The Morgan fingerprint density at radius 1 is 1.40 bits per heavy atom. The van der Waals surface area contributed by atoms with E-state index in [1.807, 2.05) is 16.3 Å². The summed E-state index contributed by atoms with van der Waals surface area (Å²) in [4.78, 5) is 4.35. The van der Waals surface area contributed by atoms with Crippen LogP contribution in [0.4, 0.5) is 8.78 Å². The summed E-state index contributed by atoms with van der Waals surface area (Å²) in [5.41, 5.74) is 0.736. The summed E-state index contributed by atoms with van der Waals surface area (Å²) in [6.07, 6.45) is 5.08. The fraction of sp³-hybridized carbons (Fsp3) is 0.500. The molecule has 6 heteroatoms. The van der Waals surface area contributed by atoms with Crippen molar-refractivity contribution in [1.29, 1.82) is 0 Å². The zero-order chi connectivity index (χ0) is 14.3. The summed E-state index contributed by atoms with van der Waals surface area (Å²) in [7, 11) is 0. The van der Waals surface area contributed by atoms with Gasteiger partial charge in [0, 0.05) is 11.3 Å². The van der Waals surface area contributed by atoms with Gasteiger partial charge < -0.3 is 4.57 Å². The summed E-state index contributed by atoms with van der Waals surface area (Å²) >= 11 is 7.76. The number of rotatable bonds is 3. The van der Waals surface area contributed by atoms with E-state index in [0.29, 0.717) is 16.6 Å². The second-order valence-corrected chi connectivity index (χ2v) is 6.49. The Labute approximate surface area is 125 Å². The van der Waals surface area contributed by atoms with Gasteiger partial charge in [-0.05, 0) is 37.7 Å². The Bertz CT molecular complexity index is 644. The number of imidazole rings is 1. The summed E-state index contributed by atoms with van der Waals surface area (Å²) in [5, 5.41) is 0.567. The topological polar surface area (TPSA) is 17.8 Å². The van der Waals surface area contributed by atoms with Crippen LogP contribution in [0.5, 0.6) is 0 Å². The van der Waals surface area contributed by atoms with Crippen molar-refractivity contribution >= 4 is 34.4 Å². The molecule has 0 aliphatic heterocycles. The molecule has 1 aromatic heterocycles. The Morgan fingerprint density at radius 3 is 2.85 bits per heavy atom. The highest BCUT2D eigenvalue weighted by molar-refractivity contribution is 7.99. The first kappa shape index (κ1) is 14.1. The third-order valence-electron chi connectivity index (χ3n) is 3.99. The quantitative estimate of drug-likeness (QED) is 0.775. The number of aromatic nitrogens is 2. The van der Waals surface area contributed by atoms with E-state index in [0.717, 1.165) is 25.3 Å². The molecule has 0 saturated heterocycles. The lowest BCUT2D eigenvalue weighted by molar-refractivity contribution is 0.487. The van der Waals surface area contributed by atoms with Crippen molar-refractivity contribution < 1.29 is 8.78 Å². The number of hydrogen-bond donors (Lipinski definition) is 0. The molecule has 2 aromatic rings. The lowest BCUT2D eigenvalue weighted by atomic mass is 10.2. The smallest absolute Gasteiger partial charge is 0.184 e. The van der Waals surface area contributed by atoms with E-state index >= 15 is 0 Å². The van der Waals surface area contributed by atoms with Crippen molar-refractivity contribution in [2.45, 2.75) is 36.4 Å². The largest absolute Gasteiger partial charge is 0.321 e. The van der Waals surface area contributed by atoms with Crippen LogP contribution >= 0.6 is 23.4 Å². The number of alkyl halides is 1. The Kier molecular flexibility index (Phi) is 3.91. The molecule has 0 bridgehead atoms. The van der Waals surface area contributed by atoms with Gasteiger partial charge in [0.05, 0.1) is 11.4 Å². The van der Waals surface area contributed by atoms with Gasteiger partial charge in [0.2, 0.25) is 0 Å². The molecule has 20 heavy (non-hydrogen) atoms. The van der Waals surface area contributed by atoms with E-state index in [9.17, 15) is 8.78 Å². The van der Waals surface area contributed by atoms with E-state index in [2.05, 4.69) is 11.2 Å². The predicted octanol–water partition coefficient (Wildman–Crippen LogP) is 4.51. The molecule has 2 nitrogen and oxygen atoms in total. The van der Waals surface area contributed by atoms with Gasteiger partial charge in [-0.1, -0.05) is 0 Å². The van der Waals surface area contributed by atoms with Gasteiger partial charge in [-0.3, -0.25) is 0 Å². The Balaban J connectivity index is 2.15. The monoisotopic (exact) mass is 316 g/mol. The van der Waals surface area contributed by atoms with Crippen LogP contribution in [0.2, 0.25) is 0 Å². The molecule has 2 unspecified atom stereocenters. The van der Waals surface area contributed by atoms with Crippen molar-refractivity contribution in [3.63, 3.8) is 0 Å². The minimum Gasteiger partial charge on any atom is -0.321 e. The van der Waals surface area contributed by atoms with Crippen LogP contribution in [0.1, 0.15) is 31.1 Å². The van der Waals surface area contributed by atoms with Crippen LogP contribution in [-0.2, 0) is 5.88 Å². The minimum atomic E-state index is -0.834. The maximum absolute atomic E-state index is 14.2. The molecular formula is C14H15ClF2N2S. The van der Waals surface area contributed by atoms with Crippen molar-refractivity contribution in [2.75, 3.05) is 6.26 Å². The molecule has 0 N–H and O–H groups in total. The standard InChI is InChI=1S/C14H15ClF2N2S/c1-20-9-3-2-8(6-9)19-12(7-15)18-11-5-4-10(16)13(17)14(11)19/h4-5,8-9H,2-3,6-7H2,1H3. The molecule has 1 aromatic carbocycles. The maximum Gasteiger partial charge on any atom is 0.184 e. The molecule has 2 atom stereocenters. The molecule has 1 aliphatic rings. The molecular weight excluding hydrogens is 302 g/mol. The number of halogens is 3. The molecule has 108 valence electrons. The molecule has 1 fully saturated rings. The lowest BCUT2D eigenvalue weighted by Gasteiger charge is -2.16. The molecule has 0 radical (unpaired) electrons. The second-order valence-electron chi connectivity index (χ2n) is 5.09. The zero-order valence-electron chi connectivity index (χ0n) is 11.1. The van der Waals surface area contributed by atoms with E-state index < -0.39 is 11.6 Å². The van der Waals surface area contributed by atoms with Gasteiger partial charge in [-0.2, -0.15) is 11.8 Å². The van der Waals surface area contributed by atoms with Crippen LogP contribution in [0.15, 0.2) is 12.1 Å². The first-order valence-corrected chi connectivity index (χ1v) is 8.41. The lowest BCUT2D eigenvalue weighted by Crippen LogP contribution is -2.10. The number of fused-ring (bicyclic) bond motifs is 1. The Hall–Kier alpha value is -0.810. The highest BCUT2D eigenvalue weighted by Crippen LogP contribution is 2.39. The molecule has 1 aliphatic carbocycles. The highest BCUT2D eigenvalue weighted by atomic mass is 35.5. The van der Waals surface area contributed by atoms with Crippen molar-refractivity contribution in [3.05, 3.63) is 29.6 Å². The highest BCUT2D eigenvalue weighted by Gasteiger charge is 2.29. The van der Waals surface area contributed by atoms with Gasteiger partial charge >= 0.3 is 0 Å². The van der Waals surface area contributed by atoms with Crippen molar-refractivity contribution in [3.8, 4) is 0 Å². The normalized spacial score (nSPS) is 22.8.